The van der Waals surface area contributed by atoms with Crippen LogP contribution in [-0.2, 0) is 22.4 Å². The summed E-state index contributed by atoms with van der Waals surface area (Å²) in [5, 5.41) is 2.95. The quantitative estimate of drug-likeness (QED) is 0.840. The highest BCUT2D eigenvalue weighted by Gasteiger charge is 2.22. The molecule has 28 heavy (non-hydrogen) atoms. The van der Waals surface area contributed by atoms with E-state index in [2.05, 4.69) is 17.1 Å². The van der Waals surface area contributed by atoms with Gasteiger partial charge in [0.05, 0.1) is 13.0 Å². The van der Waals surface area contributed by atoms with Gasteiger partial charge in [-0.05, 0) is 36.6 Å². The summed E-state index contributed by atoms with van der Waals surface area (Å²) in [7, 11) is 0. The van der Waals surface area contributed by atoms with E-state index < -0.39 is 0 Å². The largest absolute Gasteiger partial charge is 0.340 e. The topological polar surface area (TPSA) is 52.7 Å². The van der Waals surface area contributed by atoms with Crippen molar-refractivity contribution in [2.45, 2.75) is 26.7 Å². The van der Waals surface area contributed by atoms with E-state index in [-0.39, 0.29) is 11.8 Å². The zero-order valence-electron chi connectivity index (χ0n) is 16.8. The molecule has 1 fully saturated rings. The first kappa shape index (κ1) is 20.1. The number of benzene rings is 2. The summed E-state index contributed by atoms with van der Waals surface area (Å²) in [5.41, 5.74) is 4.33. The Bertz CT molecular complexity index is 792. The molecule has 2 aromatic rings. The van der Waals surface area contributed by atoms with Crippen molar-refractivity contribution in [1.82, 2.24) is 9.80 Å². The first-order valence-corrected chi connectivity index (χ1v) is 9.98. The summed E-state index contributed by atoms with van der Waals surface area (Å²) in [6.45, 7) is 7.30. The van der Waals surface area contributed by atoms with Gasteiger partial charge < -0.3 is 10.2 Å². The van der Waals surface area contributed by atoms with Gasteiger partial charge in [0.2, 0.25) is 11.8 Å². The van der Waals surface area contributed by atoms with Crippen LogP contribution in [0.25, 0.3) is 0 Å². The Hall–Kier alpha value is -2.66. The Morgan fingerprint density at radius 1 is 0.893 bits per heavy atom. The van der Waals surface area contributed by atoms with Crippen molar-refractivity contribution in [2.24, 2.45) is 0 Å². The minimum absolute atomic E-state index is 0.0105. The highest BCUT2D eigenvalue weighted by molar-refractivity contribution is 5.92. The van der Waals surface area contributed by atoms with Gasteiger partial charge >= 0.3 is 0 Å². The Morgan fingerprint density at radius 3 is 2.11 bits per heavy atom. The van der Waals surface area contributed by atoms with Gasteiger partial charge in [0.25, 0.3) is 0 Å². The molecule has 1 aliphatic rings. The lowest BCUT2D eigenvalue weighted by Gasteiger charge is -2.34. The van der Waals surface area contributed by atoms with Crippen LogP contribution >= 0.6 is 0 Å². The maximum atomic E-state index is 12.5. The van der Waals surface area contributed by atoms with Gasteiger partial charge in [0.15, 0.2) is 0 Å². The Labute approximate surface area is 167 Å². The highest BCUT2D eigenvalue weighted by Crippen LogP contribution is 2.11. The van der Waals surface area contributed by atoms with E-state index in [9.17, 15) is 9.59 Å². The molecule has 3 rings (SSSR count). The number of piperazine rings is 1. The zero-order valence-corrected chi connectivity index (χ0v) is 16.8. The molecule has 2 aromatic carbocycles. The molecule has 5 nitrogen and oxygen atoms in total. The van der Waals surface area contributed by atoms with E-state index in [0.717, 1.165) is 30.8 Å². The molecule has 5 heteroatoms. The second kappa shape index (κ2) is 9.51. The number of carbonyl (C=O) groups excluding carboxylic acids is 2. The summed E-state index contributed by atoms with van der Waals surface area (Å²) in [4.78, 5) is 28.8. The number of aryl methyl sites for hydroxylation is 2. The fourth-order valence-electron chi connectivity index (χ4n) is 3.38. The summed E-state index contributed by atoms with van der Waals surface area (Å²) >= 11 is 0. The minimum atomic E-state index is -0.0105. The fourth-order valence-corrected chi connectivity index (χ4v) is 3.38. The molecule has 1 heterocycles. The molecule has 1 N–H and O–H groups in total. The van der Waals surface area contributed by atoms with Crippen LogP contribution in [0, 0.1) is 6.92 Å². The molecule has 0 saturated carbocycles. The van der Waals surface area contributed by atoms with Crippen molar-refractivity contribution < 1.29 is 9.59 Å². The van der Waals surface area contributed by atoms with E-state index in [1.165, 1.54) is 11.1 Å². The van der Waals surface area contributed by atoms with E-state index >= 15 is 0 Å². The average molecular weight is 380 g/mol. The third-order valence-corrected chi connectivity index (χ3v) is 5.21. The van der Waals surface area contributed by atoms with Gasteiger partial charge in [-0.25, -0.2) is 0 Å². The predicted octanol–water partition coefficient (Wildman–Crippen LogP) is 2.88. The first-order valence-electron chi connectivity index (χ1n) is 9.98. The molecule has 1 saturated heterocycles. The van der Waals surface area contributed by atoms with Gasteiger partial charge in [-0.15, -0.1) is 0 Å². The molecule has 0 aromatic heterocycles. The summed E-state index contributed by atoms with van der Waals surface area (Å²) in [6.07, 6.45) is 1.43. The Kier molecular flexibility index (Phi) is 6.82. The van der Waals surface area contributed by atoms with Crippen molar-refractivity contribution in [2.75, 3.05) is 38.0 Å². The highest BCUT2D eigenvalue weighted by atomic mass is 16.2. The van der Waals surface area contributed by atoms with E-state index in [1.54, 1.807) is 0 Å². The molecule has 0 aliphatic carbocycles. The number of hydrogen-bond acceptors (Lipinski definition) is 3. The molecular formula is C23H29N3O2. The Morgan fingerprint density at radius 2 is 1.50 bits per heavy atom. The second-order valence-electron chi connectivity index (χ2n) is 7.42. The molecule has 0 atom stereocenters. The number of amides is 2. The number of anilines is 1. The molecule has 0 radical (unpaired) electrons. The van der Waals surface area contributed by atoms with Crippen LogP contribution < -0.4 is 5.32 Å². The van der Waals surface area contributed by atoms with Crippen molar-refractivity contribution >= 4 is 17.5 Å². The number of nitrogens with one attached hydrogen (secondary N) is 1. The summed E-state index contributed by atoms with van der Waals surface area (Å²) in [6, 6.07) is 16.1. The van der Waals surface area contributed by atoms with Gasteiger partial charge in [0, 0.05) is 31.9 Å². The average Bonchev–Trinajstić information content (AvgIpc) is 2.71. The SMILES string of the molecule is CCc1ccc(NC(=O)CN2CCN(C(=O)Cc3ccc(C)cc3)CC2)cc1. The molecule has 1 aliphatic heterocycles. The van der Waals surface area contributed by atoms with Gasteiger partial charge in [0.1, 0.15) is 0 Å². The van der Waals surface area contributed by atoms with E-state index in [4.69, 9.17) is 0 Å². The van der Waals surface area contributed by atoms with Crippen LogP contribution in [0.1, 0.15) is 23.6 Å². The van der Waals surface area contributed by atoms with Gasteiger partial charge in [-0.2, -0.15) is 0 Å². The van der Waals surface area contributed by atoms with Crippen molar-refractivity contribution in [3.63, 3.8) is 0 Å². The van der Waals surface area contributed by atoms with Gasteiger partial charge in [-0.1, -0.05) is 48.9 Å². The van der Waals surface area contributed by atoms with Crippen molar-refractivity contribution in [3.8, 4) is 0 Å². The van der Waals surface area contributed by atoms with Crippen molar-refractivity contribution in [1.29, 1.82) is 0 Å². The number of carbonyl (C=O) groups is 2. The third kappa shape index (κ3) is 5.67. The third-order valence-electron chi connectivity index (χ3n) is 5.21. The first-order chi connectivity index (χ1) is 13.5. The van der Waals surface area contributed by atoms with E-state index in [1.807, 2.05) is 60.4 Å². The number of rotatable bonds is 6. The maximum Gasteiger partial charge on any atom is 0.238 e. The van der Waals surface area contributed by atoms with Crippen LogP contribution in [-0.4, -0.2) is 54.3 Å². The maximum absolute atomic E-state index is 12.5. The van der Waals surface area contributed by atoms with E-state index in [0.29, 0.717) is 26.1 Å². The van der Waals surface area contributed by atoms with Crippen LogP contribution in [0.2, 0.25) is 0 Å². The van der Waals surface area contributed by atoms with Crippen LogP contribution in [0.3, 0.4) is 0 Å². The fraction of sp³-hybridized carbons (Fsp3) is 0.391. The number of hydrogen-bond donors (Lipinski definition) is 1. The molecular weight excluding hydrogens is 350 g/mol. The predicted molar refractivity (Wildman–Crippen MR) is 112 cm³/mol. The van der Waals surface area contributed by atoms with Crippen LogP contribution in [0.15, 0.2) is 48.5 Å². The Balaban J connectivity index is 1.42. The standard InChI is InChI=1S/C23H29N3O2/c1-3-19-8-10-21(11-9-19)24-22(27)17-25-12-14-26(15-13-25)23(28)16-20-6-4-18(2)5-7-20/h4-11H,3,12-17H2,1-2H3,(H,24,27). The van der Waals surface area contributed by atoms with Crippen LogP contribution in [0.5, 0.6) is 0 Å². The minimum Gasteiger partial charge on any atom is -0.340 e. The zero-order chi connectivity index (χ0) is 19.9. The molecule has 2 amide bonds. The monoisotopic (exact) mass is 379 g/mol. The molecule has 0 unspecified atom stereocenters. The smallest absolute Gasteiger partial charge is 0.238 e. The lowest BCUT2D eigenvalue weighted by Crippen LogP contribution is -2.50. The molecule has 0 spiro atoms. The summed E-state index contributed by atoms with van der Waals surface area (Å²) in [5.74, 6) is 0.146. The van der Waals surface area contributed by atoms with Crippen molar-refractivity contribution in [3.05, 3.63) is 65.2 Å². The number of nitrogens with zero attached hydrogens (tertiary/aromatic N) is 2. The summed E-state index contributed by atoms with van der Waals surface area (Å²) < 4.78 is 0. The van der Waals surface area contributed by atoms with Crippen LogP contribution in [0.4, 0.5) is 5.69 Å². The lowest BCUT2D eigenvalue weighted by molar-refractivity contribution is -0.132. The molecule has 148 valence electrons. The molecule has 0 bridgehead atoms. The lowest BCUT2D eigenvalue weighted by atomic mass is 10.1. The van der Waals surface area contributed by atoms with Gasteiger partial charge in [-0.3, -0.25) is 14.5 Å². The second-order valence-corrected chi connectivity index (χ2v) is 7.42. The normalized spacial score (nSPS) is 14.7.